The summed E-state index contributed by atoms with van der Waals surface area (Å²) in [6.07, 6.45) is 2.51. The lowest BCUT2D eigenvalue weighted by Crippen LogP contribution is -3.08. The number of hydrogen-bond donors (Lipinski definition) is 1. The summed E-state index contributed by atoms with van der Waals surface area (Å²) in [5.74, 6) is -3.73. The molecule has 8 nitrogen and oxygen atoms in total. The average Bonchev–Trinajstić information content (AvgIpc) is 3.11. The minimum Gasteiger partial charge on any atom is -1.00 e. The number of nitrogens with zero attached hydrogens (tertiary/aromatic N) is 3. The summed E-state index contributed by atoms with van der Waals surface area (Å²) in [5.41, 5.74) is 0.180. The largest absolute Gasteiger partial charge is 1.00 e. The third-order valence-electron chi connectivity index (χ3n) is 3.83. The maximum absolute atomic E-state index is 14.5. The molecule has 3 rings (SSSR count). The van der Waals surface area contributed by atoms with Gasteiger partial charge in [0.2, 0.25) is 5.92 Å². The van der Waals surface area contributed by atoms with E-state index in [2.05, 4.69) is 15.1 Å². The zero-order chi connectivity index (χ0) is 18.8. The van der Waals surface area contributed by atoms with E-state index in [9.17, 15) is 14.0 Å². The van der Waals surface area contributed by atoms with Crippen LogP contribution in [-0.4, -0.2) is 44.7 Å². The summed E-state index contributed by atoms with van der Waals surface area (Å²) in [4.78, 5) is 32.7. The first kappa shape index (κ1) is 20.7. The minimum absolute atomic E-state index is 0. The van der Waals surface area contributed by atoms with Gasteiger partial charge in [-0.15, -0.1) is 5.01 Å². The van der Waals surface area contributed by atoms with Crippen molar-refractivity contribution in [3.8, 4) is 0 Å². The van der Waals surface area contributed by atoms with E-state index in [4.69, 9.17) is 21.1 Å². The fourth-order valence-electron chi connectivity index (χ4n) is 2.68. The van der Waals surface area contributed by atoms with Crippen LogP contribution in [0, 0.1) is 11.7 Å². The highest BCUT2D eigenvalue weighted by atomic mass is 35.5. The highest BCUT2D eigenvalue weighted by Gasteiger charge is 2.47. The Hall–Kier alpha value is -2.62. The Morgan fingerprint density at radius 3 is 2.48 bits per heavy atom. The number of quaternary nitrogens is 1. The molecule has 2 heterocycles. The minimum atomic E-state index is -1.50. The molecule has 2 aliphatic rings. The van der Waals surface area contributed by atoms with E-state index in [-0.39, 0.29) is 45.2 Å². The van der Waals surface area contributed by atoms with Gasteiger partial charge >= 0.3 is 17.9 Å². The molecule has 0 aromatic heterocycles. The Bertz CT molecular complexity index is 877. The van der Waals surface area contributed by atoms with Gasteiger partial charge in [-0.05, 0) is 12.1 Å². The van der Waals surface area contributed by atoms with E-state index in [1.54, 1.807) is 0 Å². The van der Waals surface area contributed by atoms with Gasteiger partial charge in [-0.3, -0.25) is 9.59 Å². The molecule has 0 fully saturated rings. The van der Waals surface area contributed by atoms with Crippen LogP contribution in [0.2, 0.25) is 5.02 Å². The molecule has 0 amide bonds. The molecule has 2 aliphatic heterocycles. The maximum atomic E-state index is 14.5. The molecule has 11 heteroatoms. The first-order valence-corrected chi connectivity index (χ1v) is 7.73. The number of esters is 2. The van der Waals surface area contributed by atoms with Crippen LogP contribution < -0.4 is 17.4 Å². The van der Waals surface area contributed by atoms with Gasteiger partial charge in [0.05, 0.1) is 24.8 Å². The number of guanidine groups is 1. The van der Waals surface area contributed by atoms with E-state index in [0.717, 1.165) is 14.2 Å². The number of benzene rings is 1. The molecule has 0 bridgehead atoms. The van der Waals surface area contributed by atoms with E-state index in [1.807, 2.05) is 0 Å². The van der Waals surface area contributed by atoms with Crippen molar-refractivity contribution in [2.45, 2.75) is 0 Å². The first-order valence-electron chi connectivity index (χ1n) is 7.36. The fraction of sp³-hybridized carbons (Fsp3) is 0.188. The van der Waals surface area contributed by atoms with Crippen LogP contribution in [0.4, 0.5) is 4.39 Å². The van der Waals surface area contributed by atoms with Crippen molar-refractivity contribution in [1.82, 2.24) is 0 Å². The van der Waals surface area contributed by atoms with Gasteiger partial charge in [-0.2, -0.15) is 9.98 Å². The molecule has 1 unspecified atom stereocenters. The number of aliphatic imine (C=N–C) groups is 2. The van der Waals surface area contributed by atoms with Gasteiger partial charge < -0.3 is 21.9 Å². The van der Waals surface area contributed by atoms with E-state index >= 15 is 0 Å². The Balaban J connectivity index is 0.00000261. The van der Waals surface area contributed by atoms with Crippen LogP contribution in [0.3, 0.4) is 0 Å². The number of carbonyl (C=O) groups is 2. The number of allylic oxidation sites excluding steroid dienone is 1. The van der Waals surface area contributed by atoms with Crippen molar-refractivity contribution in [3.63, 3.8) is 0 Å². The fourth-order valence-corrected chi connectivity index (χ4v) is 2.95. The van der Waals surface area contributed by atoms with Gasteiger partial charge in [0.15, 0.2) is 12.0 Å². The summed E-state index contributed by atoms with van der Waals surface area (Å²) in [7, 11) is 2.26. The van der Waals surface area contributed by atoms with Crippen molar-refractivity contribution in [2.75, 3.05) is 14.2 Å². The third kappa shape index (κ3) is 3.61. The van der Waals surface area contributed by atoms with Gasteiger partial charge in [0, 0.05) is 11.8 Å². The lowest BCUT2D eigenvalue weighted by molar-refractivity contribution is -0.770. The molecule has 0 radical (unpaired) electrons. The molecule has 1 N–H and O–H groups in total. The molecule has 0 saturated heterocycles. The van der Waals surface area contributed by atoms with Crippen LogP contribution >= 0.6 is 11.6 Å². The van der Waals surface area contributed by atoms with Gasteiger partial charge in [-0.1, -0.05) is 22.8 Å². The number of methoxy groups -OCH3 is 2. The second kappa shape index (κ2) is 8.38. The highest BCUT2D eigenvalue weighted by molar-refractivity contribution is 6.34. The molecule has 1 aromatic rings. The summed E-state index contributed by atoms with van der Waals surface area (Å²) in [6.45, 7) is 0. The second-order valence-electron chi connectivity index (χ2n) is 5.21. The van der Waals surface area contributed by atoms with E-state index in [1.165, 1.54) is 30.8 Å². The van der Waals surface area contributed by atoms with Gasteiger partial charge in [-0.25, -0.2) is 4.39 Å². The van der Waals surface area contributed by atoms with Crippen molar-refractivity contribution in [3.05, 3.63) is 40.3 Å². The number of hydrogen-bond acceptors (Lipinski definition) is 7. The van der Waals surface area contributed by atoms with Crippen LogP contribution in [0.25, 0.3) is 5.57 Å². The first-order chi connectivity index (χ1) is 12.5. The Kier molecular flexibility index (Phi) is 6.42. The zero-order valence-electron chi connectivity index (χ0n) is 14.1. The van der Waals surface area contributed by atoms with E-state index < -0.39 is 23.7 Å². The predicted octanol–water partition coefficient (Wildman–Crippen LogP) is -2.56. The van der Waals surface area contributed by atoms with Crippen LogP contribution in [0.5, 0.6) is 0 Å². The molecule has 0 spiro atoms. The summed E-state index contributed by atoms with van der Waals surface area (Å²) >= 11 is 6.16. The number of ether oxygens (including phenoxy) is 2. The number of carbonyl (C=O) groups excluding carboxylic acids is 2. The van der Waals surface area contributed by atoms with E-state index in [0.29, 0.717) is 0 Å². The van der Waals surface area contributed by atoms with Crippen LogP contribution in [0.15, 0.2) is 39.0 Å². The third-order valence-corrected chi connectivity index (χ3v) is 4.15. The molecule has 0 aliphatic carbocycles. The molecule has 1 aromatic carbocycles. The van der Waals surface area contributed by atoms with Crippen molar-refractivity contribution in [2.24, 2.45) is 21.0 Å². The highest BCUT2D eigenvalue weighted by Crippen LogP contribution is 2.30. The number of rotatable bonds is 4. The molecule has 1 atom stereocenters. The summed E-state index contributed by atoms with van der Waals surface area (Å²) in [6, 6.07) is 4.13. The standard InChI is InChI=1S/C16H12ClFN4O4.ClH/c1-25-14(23)12(15(24)26-2)13-8(6-19-16-20-7-21-22(13)16)11-9(17)4-3-5-10(11)18;/h3-7,12H,1-2H3;1H. The maximum Gasteiger partial charge on any atom is 0.361 e. The smallest absolute Gasteiger partial charge is 0.361 e. The lowest BCUT2D eigenvalue weighted by atomic mass is 9.94. The Labute approximate surface area is 164 Å². The second-order valence-corrected chi connectivity index (χ2v) is 5.61. The van der Waals surface area contributed by atoms with Crippen LogP contribution in [0.1, 0.15) is 5.56 Å². The number of halogens is 3. The Morgan fingerprint density at radius 1 is 1.22 bits per heavy atom. The quantitative estimate of drug-likeness (QED) is 0.433. The molecular formula is C16H13Cl2FN4O4. The average molecular weight is 415 g/mol. The molecule has 27 heavy (non-hydrogen) atoms. The number of fused-ring (bicyclic) bond motifs is 1. The molecule has 142 valence electrons. The summed E-state index contributed by atoms with van der Waals surface area (Å²) < 4.78 is 24.0. The van der Waals surface area contributed by atoms with Crippen molar-refractivity contribution >= 4 is 47.6 Å². The summed E-state index contributed by atoms with van der Waals surface area (Å²) in [5, 5.41) is 4.30. The lowest BCUT2D eigenvalue weighted by Gasteiger charge is -2.22. The van der Waals surface area contributed by atoms with Crippen molar-refractivity contribution in [1.29, 1.82) is 0 Å². The topological polar surface area (TPSA) is 94.1 Å². The van der Waals surface area contributed by atoms with Gasteiger partial charge in [0.25, 0.3) is 0 Å². The van der Waals surface area contributed by atoms with Gasteiger partial charge in [0.1, 0.15) is 5.82 Å². The van der Waals surface area contributed by atoms with Crippen LogP contribution in [-0.2, 0) is 19.1 Å². The number of nitrogens with one attached hydrogen (secondary N) is 1. The monoisotopic (exact) mass is 414 g/mol. The SMILES string of the molecule is COC(=O)C(C(=O)OC)C1=C(c2c(F)cccc2Cl)C=NC2=NC=N[NH+]21.[Cl-]. The van der Waals surface area contributed by atoms with Crippen molar-refractivity contribution < 1.29 is 40.9 Å². The Morgan fingerprint density at radius 2 is 1.89 bits per heavy atom. The zero-order valence-corrected chi connectivity index (χ0v) is 15.6. The predicted molar refractivity (Wildman–Crippen MR) is 91.2 cm³/mol. The molecule has 0 saturated carbocycles. The normalized spacial score (nSPS) is 17.4. The molecular weight excluding hydrogens is 402 g/mol.